The topological polar surface area (TPSA) is 124 Å². The number of carbonyl (C=O) groups is 2. The zero-order valence-corrected chi connectivity index (χ0v) is 36.6. The van der Waals surface area contributed by atoms with Crippen LogP contribution in [0.15, 0.2) is 121 Å². The molecule has 0 bridgehead atoms. The van der Waals surface area contributed by atoms with Crippen molar-refractivity contribution in [2.75, 3.05) is 28.2 Å². The van der Waals surface area contributed by atoms with E-state index in [1.54, 1.807) is 0 Å². The predicted molar refractivity (Wildman–Crippen MR) is 220 cm³/mol. The molecule has 0 unspecified atom stereocenters. The van der Waals surface area contributed by atoms with Crippen molar-refractivity contribution in [3.05, 3.63) is 144 Å². The molecule has 0 fully saturated rings. The summed E-state index contributed by atoms with van der Waals surface area (Å²) in [7, 11) is 8.72. The summed E-state index contributed by atoms with van der Waals surface area (Å²) in [6.45, 7) is 11.7. The maximum atomic E-state index is 11.9. The SMILES string of the molecule is CC[C@H](OC(C)=O)C(C[C@H](C)[NH+](C)C)(c1ccccc1)c1ccccc1.CC[C@H](OC(C)=O)C(C[C@H](C)[NH+](C)C)(c1ccccc1)c1ccccc1.O.O.[Cl-].[Cl-]. The van der Waals surface area contributed by atoms with Gasteiger partial charge in [-0.25, -0.2) is 0 Å². The number of esters is 2. The first-order valence-electron chi connectivity index (χ1n) is 19.0. The van der Waals surface area contributed by atoms with Crippen molar-refractivity contribution < 1.29 is 64.6 Å². The van der Waals surface area contributed by atoms with Crippen LogP contribution in [0.3, 0.4) is 0 Å². The minimum Gasteiger partial charge on any atom is -1.00 e. The lowest BCUT2D eigenvalue weighted by molar-refractivity contribution is -0.884. The molecule has 312 valence electrons. The third-order valence-corrected chi connectivity index (χ3v) is 10.8. The zero-order valence-electron chi connectivity index (χ0n) is 35.1. The molecule has 4 atom stereocenters. The summed E-state index contributed by atoms with van der Waals surface area (Å²) in [5, 5.41) is 0. The van der Waals surface area contributed by atoms with E-state index in [1.807, 2.05) is 24.3 Å². The summed E-state index contributed by atoms with van der Waals surface area (Å²) < 4.78 is 11.8. The van der Waals surface area contributed by atoms with Crippen molar-refractivity contribution in [1.29, 1.82) is 0 Å². The summed E-state index contributed by atoms with van der Waals surface area (Å²) in [5.74, 6) is -0.448. The maximum Gasteiger partial charge on any atom is 0.302 e. The van der Waals surface area contributed by atoms with Crippen LogP contribution < -0.4 is 34.6 Å². The van der Waals surface area contributed by atoms with Gasteiger partial charge >= 0.3 is 11.9 Å². The van der Waals surface area contributed by atoms with Gasteiger partial charge in [-0.2, -0.15) is 0 Å². The largest absolute Gasteiger partial charge is 1.00 e. The van der Waals surface area contributed by atoms with Gasteiger partial charge in [0.15, 0.2) is 0 Å². The Hall–Kier alpha value is -3.76. The molecule has 0 saturated carbocycles. The molecule has 4 rings (SSSR count). The van der Waals surface area contributed by atoms with Gasteiger partial charge in [-0.1, -0.05) is 135 Å². The maximum absolute atomic E-state index is 11.9. The Morgan fingerprint density at radius 2 is 0.714 bits per heavy atom. The van der Waals surface area contributed by atoms with Crippen molar-refractivity contribution in [3.63, 3.8) is 0 Å². The number of carbonyl (C=O) groups excluding carboxylic acids is 2. The fourth-order valence-electron chi connectivity index (χ4n) is 7.59. The molecular formula is C46H68Cl2N2O6. The number of hydrogen-bond donors (Lipinski definition) is 2. The van der Waals surface area contributed by atoms with Crippen LogP contribution >= 0.6 is 0 Å². The molecule has 4 aromatic carbocycles. The van der Waals surface area contributed by atoms with Crippen molar-refractivity contribution in [2.24, 2.45) is 0 Å². The van der Waals surface area contributed by atoms with Crippen molar-refractivity contribution in [2.45, 2.75) is 102 Å². The first kappa shape index (κ1) is 54.3. The van der Waals surface area contributed by atoms with Gasteiger partial charge in [-0.05, 0) is 48.9 Å². The third-order valence-electron chi connectivity index (χ3n) is 10.8. The molecule has 0 spiro atoms. The second-order valence-electron chi connectivity index (χ2n) is 14.8. The highest BCUT2D eigenvalue weighted by atomic mass is 35.5. The smallest absolute Gasteiger partial charge is 0.302 e. The number of halogens is 2. The molecule has 4 aromatic rings. The Morgan fingerprint density at radius 3 is 0.875 bits per heavy atom. The van der Waals surface area contributed by atoms with Gasteiger partial charge in [0.25, 0.3) is 0 Å². The van der Waals surface area contributed by atoms with Crippen molar-refractivity contribution >= 4 is 11.9 Å². The van der Waals surface area contributed by atoms with E-state index in [1.165, 1.54) is 45.9 Å². The predicted octanol–water partition coefficient (Wildman–Crippen LogP) is -1.17. The fourth-order valence-corrected chi connectivity index (χ4v) is 7.59. The van der Waals surface area contributed by atoms with Crippen LogP contribution in [-0.2, 0) is 29.9 Å². The Bertz CT molecular complexity index is 1430. The second kappa shape index (κ2) is 26.2. The van der Waals surface area contributed by atoms with Crippen molar-refractivity contribution in [3.8, 4) is 0 Å². The molecule has 56 heavy (non-hydrogen) atoms. The first-order valence-corrected chi connectivity index (χ1v) is 19.0. The lowest BCUT2D eigenvalue weighted by Crippen LogP contribution is -3.09. The van der Waals surface area contributed by atoms with Gasteiger partial charge < -0.3 is 55.0 Å². The summed E-state index contributed by atoms with van der Waals surface area (Å²) in [6, 6.07) is 42.8. The highest BCUT2D eigenvalue weighted by Gasteiger charge is 2.47. The van der Waals surface area contributed by atoms with E-state index in [-0.39, 0.29) is 70.7 Å². The van der Waals surface area contributed by atoms with Crippen molar-refractivity contribution in [1.82, 2.24) is 0 Å². The highest BCUT2D eigenvalue weighted by Crippen LogP contribution is 2.44. The van der Waals surface area contributed by atoms with Gasteiger partial charge in [-0.3, -0.25) is 9.59 Å². The minimum atomic E-state index is -0.375. The molecule has 0 aliphatic rings. The van der Waals surface area contributed by atoms with Gasteiger partial charge in [0.2, 0.25) is 0 Å². The van der Waals surface area contributed by atoms with E-state index in [4.69, 9.17) is 9.47 Å². The van der Waals surface area contributed by atoms with Crippen LogP contribution in [0.25, 0.3) is 0 Å². The molecule has 0 saturated heterocycles. The average Bonchev–Trinajstić information content (AvgIpc) is 3.15. The summed E-state index contributed by atoms with van der Waals surface area (Å²) in [6.07, 6.45) is 2.89. The summed E-state index contributed by atoms with van der Waals surface area (Å²) in [5.41, 5.74) is 4.05. The van der Waals surface area contributed by atoms with Crippen LogP contribution in [0.1, 0.15) is 89.5 Å². The van der Waals surface area contributed by atoms with E-state index in [2.05, 4.69) is 153 Å². The quantitative estimate of drug-likeness (QED) is 0.139. The summed E-state index contributed by atoms with van der Waals surface area (Å²) >= 11 is 0. The molecule has 0 radical (unpaired) electrons. The summed E-state index contributed by atoms with van der Waals surface area (Å²) in [4.78, 5) is 26.6. The first-order chi connectivity index (χ1) is 24.8. The Kier molecular flexibility index (Phi) is 25.4. The monoisotopic (exact) mass is 814 g/mol. The number of ether oxygens (including phenoxy) is 2. The zero-order chi connectivity index (χ0) is 38.3. The third kappa shape index (κ3) is 13.7. The molecule has 8 nitrogen and oxygen atoms in total. The Balaban J connectivity index is 0. The molecule has 0 aromatic heterocycles. The number of benzene rings is 4. The molecule has 0 heterocycles. The van der Waals surface area contributed by atoms with Crippen LogP contribution in [0.2, 0.25) is 0 Å². The Morgan fingerprint density at radius 1 is 0.500 bits per heavy atom. The number of quaternary nitrogens is 2. The number of hydrogen-bond acceptors (Lipinski definition) is 4. The molecule has 0 aliphatic heterocycles. The van der Waals surface area contributed by atoms with E-state index in [9.17, 15) is 9.59 Å². The molecule has 0 amide bonds. The fraction of sp³-hybridized carbons (Fsp3) is 0.435. The molecule has 10 heteroatoms. The lowest BCUT2D eigenvalue weighted by atomic mass is 9.66. The normalized spacial score (nSPS) is 13.1. The van der Waals surface area contributed by atoms with E-state index >= 15 is 0 Å². The second-order valence-corrected chi connectivity index (χ2v) is 14.8. The van der Waals surface area contributed by atoms with Gasteiger partial charge in [-0.15, -0.1) is 0 Å². The number of nitrogens with one attached hydrogen (secondary N) is 2. The molecular weight excluding hydrogens is 747 g/mol. The van der Waals surface area contributed by atoms with Gasteiger partial charge in [0, 0.05) is 26.7 Å². The molecule has 0 aliphatic carbocycles. The van der Waals surface area contributed by atoms with E-state index in [0.717, 1.165) is 25.7 Å². The average molecular weight is 816 g/mol. The van der Waals surface area contributed by atoms with E-state index in [0.29, 0.717) is 12.1 Å². The van der Waals surface area contributed by atoms with Crippen LogP contribution in [-0.4, -0.2) is 75.4 Å². The Labute approximate surface area is 349 Å². The lowest BCUT2D eigenvalue weighted by Gasteiger charge is -2.42. The van der Waals surface area contributed by atoms with Crippen LogP contribution in [0.5, 0.6) is 0 Å². The van der Waals surface area contributed by atoms with Gasteiger partial charge in [0.1, 0.15) is 12.2 Å². The van der Waals surface area contributed by atoms with Crippen LogP contribution in [0.4, 0.5) is 0 Å². The molecule has 6 N–H and O–H groups in total. The standard InChI is InChI=1S/2C23H31NO2.2ClH.2H2O/c2*1-6-22(26-19(3)25)23(17-18(2)24(4)5,20-13-9-7-10-14-20)21-15-11-8-12-16-21;;;;/h2*7-16,18,22H,6,17H2,1-5H3;2*1H;2*1H2/t2*18-,22-;;;;/m00..../s1. The highest BCUT2D eigenvalue weighted by molar-refractivity contribution is 5.67. The minimum absolute atomic E-state index is 0. The number of rotatable bonds is 16. The van der Waals surface area contributed by atoms with Crippen LogP contribution in [0, 0.1) is 0 Å². The van der Waals surface area contributed by atoms with Gasteiger partial charge in [0.05, 0.1) is 51.1 Å². The van der Waals surface area contributed by atoms with E-state index < -0.39 is 0 Å².